The van der Waals surface area contributed by atoms with Gasteiger partial charge in [-0.25, -0.2) is 0 Å². The third-order valence-corrected chi connectivity index (χ3v) is 4.13. The zero-order valence-electron chi connectivity index (χ0n) is 13.4. The predicted octanol–water partition coefficient (Wildman–Crippen LogP) is 2.55. The van der Waals surface area contributed by atoms with Crippen molar-refractivity contribution in [3.05, 3.63) is 23.8 Å². The molecule has 1 unspecified atom stereocenters. The molecule has 0 spiro atoms. The minimum absolute atomic E-state index is 0.0253. The van der Waals surface area contributed by atoms with Crippen molar-refractivity contribution in [2.45, 2.75) is 39.5 Å². The van der Waals surface area contributed by atoms with Gasteiger partial charge in [-0.05, 0) is 43.9 Å². The quantitative estimate of drug-likeness (QED) is 0.839. The Kier molecular flexibility index (Phi) is 5.41. The van der Waals surface area contributed by atoms with Gasteiger partial charge < -0.3 is 16.0 Å². The fourth-order valence-corrected chi connectivity index (χ4v) is 2.80. The van der Waals surface area contributed by atoms with Crippen LogP contribution in [0.4, 0.5) is 11.4 Å². The van der Waals surface area contributed by atoms with Gasteiger partial charge in [0.25, 0.3) is 0 Å². The molecule has 1 saturated heterocycles. The number of rotatable bonds is 4. The number of hydrogen-bond donors (Lipinski definition) is 2. The van der Waals surface area contributed by atoms with Crippen molar-refractivity contribution in [3.8, 4) is 0 Å². The maximum absolute atomic E-state index is 12.5. The molecule has 2 rings (SSSR count). The van der Waals surface area contributed by atoms with E-state index in [4.69, 9.17) is 5.73 Å². The minimum atomic E-state index is -0.143. The van der Waals surface area contributed by atoms with Gasteiger partial charge in [0.1, 0.15) is 0 Å². The lowest BCUT2D eigenvalue weighted by Crippen LogP contribution is -2.43. The summed E-state index contributed by atoms with van der Waals surface area (Å²) in [6.07, 6.45) is 3.10. The molecule has 120 valence electrons. The summed E-state index contributed by atoms with van der Waals surface area (Å²) in [5.74, 6) is -0.0155. The van der Waals surface area contributed by atoms with Crippen LogP contribution < -0.4 is 11.1 Å². The van der Waals surface area contributed by atoms with Crippen LogP contribution in [0.1, 0.15) is 38.2 Å². The van der Waals surface area contributed by atoms with Gasteiger partial charge in [-0.15, -0.1) is 0 Å². The number of amides is 2. The zero-order chi connectivity index (χ0) is 16.1. The van der Waals surface area contributed by atoms with Gasteiger partial charge in [0.05, 0.1) is 5.92 Å². The topological polar surface area (TPSA) is 75.4 Å². The van der Waals surface area contributed by atoms with E-state index in [1.807, 2.05) is 30.9 Å². The number of nitrogen functional groups attached to an aromatic ring is 1. The molecule has 2 amide bonds. The van der Waals surface area contributed by atoms with Crippen LogP contribution >= 0.6 is 0 Å². The normalized spacial score (nSPS) is 18.1. The molecular weight excluding hydrogens is 278 g/mol. The van der Waals surface area contributed by atoms with Crippen molar-refractivity contribution in [2.75, 3.05) is 24.1 Å². The number of aryl methyl sites for hydroxylation is 1. The molecule has 0 aliphatic carbocycles. The van der Waals surface area contributed by atoms with E-state index in [1.165, 1.54) is 0 Å². The fourth-order valence-electron chi connectivity index (χ4n) is 2.80. The maximum atomic E-state index is 12.5. The third-order valence-electron chi connectivity index (χ3n) is 4.13. The Hall–Kier alpha value is -2.04. The van der Waals surface area contributed by atoms with Crippen LogP contribution in [0.15, 0.2) is 18.2 Å². The van der Waals surface area contributed by atoms with E-state index in [2.05, 4.69) is 5.32 Å². The van der Waals surface area contributed by atoms with E-state index in [0.717, 1.165) is 37.1 Å². The van der Waals surface area contributed by atoms with E-state index >= 15 is 0 Å². The van der Waals surface area contributed by atoms with Crippen molar-refractivity contribution in [2.24, 2.45) is 5.92 Å². The van der Waals surface area contributed by atoms with Crippen LogP contribution in [0.25, 0.3) is 0 Å². The number of nitrogens with zero attached hydrogens (tertiary/aromatic N) is 1. The van der Waals surface area contributed by atoms with E-state index in [9.17, 15) is 9.59 Å². The Morgan fingerprint density at radius 3 is 2.91 bits per heavy atom. The number of carbonyl (C=O) groups excluding carboxylic acids is 2. The standard InChI is InChI=1S/C17H25N3O2/c1-3-5-16(21)20-9-4-6-13(11-20)17(22)19-15-10-14(18)8-7-12(15)2/h7-8,10,13H,3-6,9,11,18H2,1-2H3,(H,19,22). The van der Waals surface area contributed by atoms with Gasteiger partial charge in [-0.1, -0.05) is 13.0 Å². The summed E-state index contributed by atoms with van der Waals surface area (Å²) in [4.78, 5) is 26.3. The Morgan fingerprint density at radius 2 is 2.18 bits per heavy atom. The molecule has 3 N–H and O–H groups in total. The zero-order valence-corrected chi connectivity index (χ0v) is 13.4. The van der Waals surface area contributed by atoms with Crippen LogP contribution in [-0.2, 0) is 9.59 Å². The first-order valence-corrected chi connectivity index (χ1v) is 7.96. The summed E-state index contributed by atoms with van der Waals surface area (Å²) in [6, 6.07) is 5.48. The number of piperidine rings is 1. The molecule has 0 saturated carbocycles. The van der Waals surface area contributed by atoms with Gasteiger partial charge in [0.2, 0.25) is 11.8 Å². The fraction of sp³-hybridized carbons (Fsp3) is 0.529. The number of benzene rings is 1. The molecule has 0 aromatic heterocycles. The molecule has 1 aliphatic heterocycles. The lowest BCUT2D eigenvalue weighted by molar-refractivity contribution is -0.134. The lowest BCUT2D eigenvalue weighted by atomic mass is 9.96. The first-order valence-electron chi connectivity index (χ1n) is 7.96. The number of likely N-dealkylation sites (tertiary alicyclic amines) is 1. The summed E-state index contributed by atoms with van der Waals surface area (Å²) in [6.45, 7) is 5.22. The molecule has 22 heavy (non-hydrogen) atoms. The Morgan fingerprint density at radius 1 is 1.41 bits per heavy atom. The smallest absolute Gasteiger partial charge is 0.229 e. The Bertz CT molecular complexity index is 557. The molecule has 1 aromatic carbocycles. The Labute approximate surface area is 131 Å². The summed E-state index contributed by atoms with van der Waals surface area (Å²) >= 11 is 0. The molecule has 1 atom stereocenters. The second-order valence-electron chi connectivity index (χ2n) is 5.99. The highest BCUT2D eigenvalue weighted by Crippen LogP contribution is 2.22. The van der Waals surface area contributed by atoms with E-state index in [-0.39, 0.29) is 17.7 Å². The molecule has 5 nitrogen and oxygen atoms in total. The summed E-state index contributed by atoms with van der Waals surface area (Å²) in [7, 11) is 0. The second-order valence-corrected chi connectivity index (χ2v) is 5.99. The van der Waals surface area contributed by atoms with Gasteiger partial charge in [-0.2, -0.15) is 0 Å². The SMILES string of the molecule is CCCC(=O)N1CCCC(C(=O)Nc2cc(N)ccc2C)C1. The van der Waals surface area contributed by atoms with Crippen LogP contribution in [0.3, 0.4) is 0 Å². The van der Waals surface area contributed by atoms with Gasteiger partial charge in [0.15, 0.2) is 0 Å². The van der Waals surface area contributed by atoms with Gasteiger partial charge in [0, 0.05) is 30.9 Å². The first kappa shape index (κ1) is 16.3. The number of nitrogens with one attached hydrogen (secondary N) is 1. The molecule has 1 aliphatic rings. The average molecular weight is 303 g/mol. The van der Waals surface area contributed by atoms with Crippen molar-refractivity contribution in [1.29, 1.82) is 0 Å². The largest absolute Gasteiger partial charge is 0.399 e. The van der Waals surface area contributed by atoms with E-state index in [1.54, 1.807) is 6.07 Å². The molecule has 1 fully saturated rings. The molecule has 0 radical (unpaired) electrons. The molecule has 1 heterocycles. The first-order chi connectivity index (χ1) is 10.5. The number of anilines is 2. The van der Waals surface area contributed by atoms with Crippen LogP contribution in [0.2, 0.25) is 0 Å². The molecular formula is C17H25N3O2. The highest BCUT2D eigenvalue weighted by atomic mass is 16.2. The maximum Gasteiger partial charge on any atom is 0.229 e. The molecule has 0 bridgehead atoms. The van der Waals surface area contributed by atoms with Crippen molar-refractivity contribution in [3.63, 3.8) is 0 Å². The van der Waals surface area contributed by atoms with E-state index < -0.39 is 0 Å². The van der Waals surface area contributed by atoms with Crippen molar-refractivity contribution >= 4 is 23.2 Å². The number of carbonyl (C=O) groups is 2. The van der Waals surface area contributed by atoms with Crippen molar-refractivity contribution in [1.82, 2.24) is 4.90 Å². The Balaban J connectivity index is 2.00. The molecule has 1 aromatic rings. The average Bonchev–Trinajstić information content (AvgIpc) is 2.51. The van der Waals surface area contributed by atoms with Crippen LogP contribution in [0.5, 0.6) is 0 Å². The number of hydrogen-bond acceptors (Lipinski definition) is 3. The lowest BCUT2D eigenvalue weighted by Gasteiger charge is -2.32. The van der Waals surface area contributed by atoms with Gasteiger partial charge in [-0.3, -0.25) is 9.59 Å². The predicted molar refractivity (Wildman–Crippen MR) is 88.4 cm³/mol. The molecule has 5 heteroatoms. The number of nitrogens with two attached hydrogens (primary N) is 1. The highest BCUT2D eigenvalue weighted by molar-refractivity contribution is 5.94. The van der Waals surface area contributed by atoms with E-state index in [0.29, 0.717) is 18.7 Å². The summed E-state index contributed by atoms with van der Waals surface area (Å²) < 4.78 is 0. The highest BCUT2D eigenvalue weighted by Gasteiger charge is 2.28. The van der Waals surface area contributed by atoms with Crippen molar-refractivity contribution < 1.29 is 9.59 Å². The monoisotopic (exact) mass is 303 g/mol. The van der Waals surface area contributed by atoms with Crippen LogP contribution in [0, 0.1) is 12.8 Å². The summed E-state index contributed by atoms with van der Waals surface area (Å²) in [5.41, 5.74) is 8.14. The third kappa shape index (κ3) is 4.00. The summed E-state index contributed by atoms with van der Waals surface area (Å²) in [5, 5.41) is 2.96. The second kappa shape index (κ2) is 7.29. The minimum Gasteiger partial charge on any atom is -0.399 e. The van der Waals surface area contributed by atoms with Crippen LogP contribution in [-0.4, -0.2) is 29.8 Å². The van der Waals surface area contributed by atoms with Gasteiger partial charge >= 0.3 is 0 Å².